The van der Waals surface area contributed by atoms with Crippen LogP contribution in [0.15, 0.2) is 41.6 Å². The number of anilines is 2. The minimum absolute atomic E-state index is 0.0797. The normalized spacial score (nSPS) is 17.7. The molecule has 2 aromatic carbocycles. The van der Waals surface area contributed by atoms with Crippen LogP contribution in [0, 0.1) is 0 Å². The first-order valence-electron chi connectivity index (χ1n) is 12.7. The number of likely N-dealkylation sites (N-methyl/N-ethyl adjacent to an activating group) is 1. The Hall–Kier alpha value is -2.71. The van der Waals surface area contributed by atoms with Gasteiger partial charge in [-0.05, 0) is 57.4 Å². The van der Waals surface area contributed by atoms with E-state index < -0.39 is 5.60 Å². The van der Waals surface area contributed by atoms with E-state index in [0.717, 1.165) is 70.6 Å². The van der Waals surface area contributed by atoms with E-state index in [9.17, 15) is 4.79 Å². The van der Waals surface area contributed by atoms with E-state index in [1.165, 1.54) is 5.56 Å². The number of thioether (sulfide) groups is 1. The van der Waals surface area contributed by atoms with Crippen LogP contribution in [0.1, 0.15) is 38.4 Å². The van der Waals surface area contributed by atoms with Crippen molar-refractivity contribution in [2.24, 2.45) is 0 Å². The number of amides is 1. The van der Waals surface area contributed by atoms with Crippen LogP contribution in [-0.2, 0) is 17.7 Å². The molecule has 0 spiro atoms. The van der Waals surface area contributed by atoms with Gasteiger partial charge in [0.25, 0.3) is 0 Å². The maximum Gasteiger partial charge on any atom is 0.410 e. The predicted octanol–water partition coefficient (Wildman–Crippen LogP) is 6.01. The van der Waals surface area contributed by atoms with Crippen molar-refractivity contribution < 1.29 is 9.53 Å². The number of nitrogens with zero attached hydrogens (tertiary/aromatic N) is 5. The van der Waals surface area contributed by atoms with Crippen molar-refractivity contribution in [2.75, 3.05) is 42.7 Å². The predicted molar refractivity (Wildman–Crippen MR) is 152 cm³/mol. The largest absolute Gasteiger partial charge is 0.444 e. The van der Waals surface area contributed by atoms with Gasteiger partial charge in [-0.15, -0.1) is 0 Å². The van der Waals surface area contributed by atoms with Crippen molar-refractivity contribution in [3.63, 3.8) is 0 Å². The van der Waals surface area contributed by atoms with Crippen molar-refractivity contribution in [3.8, 4) is 0 Å². The lowest BCUT2D eigenvalue weighted by Gasteiger charge is -2.33. The molecular formula is C28H34ClN5O2S. The molecule has 9 heteroatoms. The summed E-state index contributed by atoms with van der Waals surface area (Å²) >= 11 is 8.20. The van der Waals surface area contributed by atoms with Crippen molar-refractivity contribution in [2.45, 2.75) is 57.0 Å². The summed E-state index contributed by atoms with van der Waals surface area (Å²) < 4.78 is 5.60. The third-order valence-electron chi connectivity index (χ3n) is 7.07. The maximum atomic E-state index is 12.7. The third-order valence-corrected chi connectivity index (χ3v) is 7.93. The SMILES string of the molecule is CSc1nc2c(c(N3CCC(N(C)C(=O)OC(C)(C)C)C3)n1)CCN(c1cccc3cccc(Cl)c13)C2. The van der Waals surface area contributed by atoms with E-state index in [4.69, 9.17) is 26.3 Å². The van der Waals surface area contributed by atoms with Gasteiger partial charge in [0.15, 0.2) is 5.16 Å². The summed E-state index contributed by atoms with van der Waals surface area (Å²) in [4.78, 5) is 29.0. The Kier molecular flexibility index (Phi) is 7.16. The minimum atomic E-state index is -0.511. The average Bonchev–Trinajstić information content (AvgIpc) is 3.36. The molecule has 5 rings (SSSR count). The van der Waals surface area contributed by atoms with Gasteiger partial charge in [0.1, 0.15) is 11.4 Å². The second kappa shape index (κ2) is 10.2. The molecule has 1 aromatic heterocycles. The van der Waals surface area contributed by atoms with Crippen LogP contribution < -0.4 is 9.80 Å². The molecular weight excluding hydrogens is 506 g/mol. The molecule has 0 radical (unpaired) electrons. The fourth-order valence-corrected chi connectivity index (χ4v) is 5.88. The number of hydrogen-bond donors (Lipinski definition) is 0. The zero-order valence-corrected chi connectivity index (χ0v) is 23.7. The molecule has 7 nitrogen and oxygen atoms in total. The molecule has 2 aliphatic heterocycles. The van der Waals surface area contributed by atoms with Crippen molar-refractivity contribution in [1.29, 1.82) is 0 Å². The van der Waals surface area contributed by atoms with Crippen LogP contribution in [0.5, 0.6) is 0 Å². The fourth-order valence-electron chi connectivity index (χ4n) is 5.22. The number of carbonyl (C=O) groups excluding carboxylic acids is 1. The molecule has 1 atom stereocenters. The number of rotatable bonds is 4. The lowest BCUT2D eigenvalue weighted by atomic mass is 10.0. The standard InChI is InChI=1S/C28H34ClN5O2S/c1-28(2,3)36-27(35)32(4)19-12-14-34(16-19)25-20-13-15-33(17-22(20)30-26(31-25)37-5)23-11-7-9-18-8-6-10-21(29)24(18)23/h6-11,19H,12-17H2,1-5H3. The zero-order chi connectivity index (χ0) is 26.3. The van der Waals surface area contributed by atoms with Crippen molar-refractivity contribution in [3.05, 3.63) is 52.7 Å². The van der Waals surface area contributed by atoms with E-state index in [0.29, 0.717) is 6.54 Å². The van der Waals surface area contributed by atoms with Crippen LogP contribution in [0.3, 0.4) is 0 Å². The highest BCUT2D eigenvalue weighted by molar-refractivity contribution is 7.98. The summed E-state index contributed by atoms with van der Waals surface area (Å²) in [5.41, 5.74) is 2.90. The summed E-state index contributed by atoms with van der Waals surface area (Å²) in [7, 11) is 1.83. The Labute approximate surface area is 228 Å². The second-order valence-electron chi connectivity index (χ2n) is 10.7. The number of halogens is 1. The molecule has 1 amide bonds. The number of fused-ring (bicyclic) bond motifs is 2. The summed E-state index contributed by atoms with van der Waals surface area (Å²) in [6, 6.07) is 12.5. The topological polar surface area (TPSA) is 61.8 Å². The molecule has 0 saturated carbocycles. The Morgan fingerprint density at radius 2 is 1.89 bits per heavy atom. The van der Waals surface area contributed by atoms with Crippen LogP contribution in [0.25, 0.3) is 10.8 Å². The van der Waals surface area contributed by atoms with Crippen LogP contribution >= 0.6 is 23.4 Å². The molecule has 2 aliphatic rings. The molecule has 0 bridgehead atoms. The van der Waals surface area contributed by atoms with Gasteiger partial charge in [-0.3, -0.25) is 0 Å². The Bertz CT molecular complexity index is 1320. The number of hydrogen-bond acceptors (Lipinski definition) is 7. The summed E-state index contributed by atoms with van der Waals surface area (Å²) in [5, 5.41) is 3.77. The van der Waals surface area contributed by atoms with Gasteiger partial charge in [0, 0.05) is 43.3 Å². The number of aromatic nitrogens is 2. The van der Waals surface area contributed by atoms with Gasteiger partial charge in [-0.25, -0.2) is 14.8 Å². The molecule has 1 unspecified atom stereocenters. The summed E-state index contributed by atoms with van der Waals surface area (Å²) in [6.07, 6.45) is 3.46. The monoisotopic (exact) mass is 539 g/mol. The van der Waals surface area contributed by atoms with Gasteiger partial charge >= 0.3 is 6.09 Å². The lowest BCUT2D eigenvalue weighted by molar-refractivity contribution is 0.0238. The molecule has 3 aromatic rings. The van der Waals surface area contributed by atoms with Crippen LogP contribution in [0.2, 0.25) is 5.02 Å². The van der Waals surface area contributed by atoms with E-state index in [1.807, 2.05) is 46.2 Å². The van der Waals surface area contributed by atoms with E-state index >= 15 is 0 Å². The molecule has 37 heavy (non-hydrogen) atoms. The Morgan fingerprint density at radius 1 is 1.14 bits per heavy atom. The van der Waals surface area contributed by atoms with E-state index in [2.05, 4.69) is 34.1 Å². The number of carbonyl (C=O) groups is 1. The second-order valence-corrected chi connectivity index (χ2v) is 11.9. The molecule has 1 fully saturated rings. The van der Waals surface area contributed by atoms with Crippen molar-refractivity contribution >= 4 is 51.7 Å². The number of ether oxygens (including phenoxy) is 1. The van der Waals surface area contributed by atoms with Gasteiger partial charge in [0.2, 0.25) is 0 Å². The third kappa shape index (κ3) is 5.32. The maximum absolute atomic E-state index is 12.7. The van der Waals surface area contributed by atoms with Crippen LogP contribution in [-0.4, -0.2) is 65.5 Å². The molecule has 0 aliphatic carbocycles. The Morgan fingerprint density at radius 3 is 2.62 bits per heavy atom. The first kappa shape index (κ1) is 25.9. The van der Waals surface area contributed by atoms with Gasteiger partial charge in [-0.1, -0.05) is 47.6 Å². The molecule has 0 N–H and O–H groups in total. The number of benzene rings is 2. The van der Waals surface area contributed by atoms with Crippen LogP contribution in [0.4, 0.5) is 16.3 Å². The highest BCUT2D eigenvalue weighted by atomic mass is 35.5. The summed E-state index contributed by atoms with van der Waals surface area (Å²) in [6.45, 7) is 8.83. The highest BCUT2D eigenvalue weighted by Crippen LogP contribution is 2.37. The highest BCUT2D eigenvalue weighted by Gasteiger charge is 2.34. The first-order chi connectivity index (χ1) is 17.6. The first-order valence-corrected chi connectivity index (χ1v) is 14.3. The Balaban J connectivity index is 1.40. The minimum Gasteiger partial charge on any atom is -0.444 e. The van der Waals surface area contributed by atoms with Gasteiger partial charge < -0.3 is 19.4 Å². The van der Waals surface area contributed by atoms with Gasteiger partial charge in [0.05, 0.1) is 23.3 Å². The van der Waals surface area contributed by atoms with E-state index in [1.54, 1.807) is 16.7 Å². The van der Waals surface area contributed by atoms with E-state index in [-0.39, 0.29) is 12.1 Å². The van der Waals surface area contributed by atoms with Crippen molar-refractivity contribution in [1.82, 2.24) is 14.9 Å². The zero-order valence-electron chi connectivity index (χ0n) is 22.1. The molecule has 196 valence electrons. The molecule has 1 saturated heterocycles. The fraction of sp³-hybridized carbons (Fsp3) is 0.464. The van der Waals surface area contributed by atoms with Gasteiger partial charge in [-0.2, -0.15) is 0 Å². The molecule has 3 heterocycles. The summed E-state index contributed by atoms with van der Waals surface area (Å²) in [5.74, 6) is 1.00. The average molecular weight is 540 g/mol. The quantitative estimate of drug-likeness (QED) is 0.297. The smallest absolute Gasteiger partial charge is 0.410 e. The lowest BCUT2D eigenvalue weighted by Crippen LogP contribution is -2.42.